The van der Waals surface area contributed by atoms with Gasteiger partial charge in [-0.15, -0.1) is 24.0 Å². The van der Waals surface area contributed by atoms with Crippen LogP contribution in [0.5, 0.6) is 0 Å². The molecule has 0 heterocycles. The van der Waals surface area contributed by atoms with E-state index in [0.717, 1.165) is 13.0 Å². The lowest BCUT2D eigenvalue weighted by atomic mass is 9.95. The molecule has 1 saturated carbocycles. The molecule has 0 amide bonds. The van der Waals surface area contributed by atoms with Crippen LogP contribution in [-0.2, 0) is 0 Å². The molecular formula is C17H28IN3. The van der Waals surface area contributed by atoms with E-state index in [4.69, 9.17) is 5.73 Å². The summed E-state index contributed by atoms with van der Waals surface area (Å²) in [6, 6.07) is 11.1. The maximum Gasteiger partial charge on any atom is 0.188 e. The largest absolute Gasteiger partial charge is 0.370 e. The number of nitrogens with zero attached hydrogens (tertiary/aromatic N) is 1. The van der Waals surface area contributed by atoms with Gasteiger partial charge in [0.2, 0.25) is 0 Å². The van der Waals surface area contributed by atoms with Crippen molar-refractivity contribution in [2.24, 2.45) is 10.7 Å². The number of nitrogens with two attached hydrogens (primary N) is 1. The second-order valence-corrected chi connectivity index (χ2v) is 5.72. The third-order valence-corrected chi connectivity index (χ3v) is 4.20. The van der Waals surface area contributed by atoms with Crippen LogP contribution in [0.1, 0.15) is 56.9 Å². The van der Waals surface area contributed by atoms with Crippen molar-refractivity contribution in [2.75, 3.05) is 6.54 Å². The standard InChI is InChI=1S/C17H27N3.HI/c1-2-14(15-9-5-3-6-10-15)13-19-17(18)20-16-11-7-4-8-12-16;/h3,5-6,9-10,14,16H,2,4,7-8,11-13H2,1H3,(H3,18,19,20);1H. The average Bonchev–Trinajstić information content (AvgIpc) is 2.50. The molecule has 1 aliphatic carbocycles. The smallest absolute Gasteiger partial charge is 0.188 e. The van der Waals surface area contributed by atoms with Crippen LogP contribution in [0.2, 0.25) is 0 Å². The van der Waals surface area contributed by atoms with E-state index < -0.39 is 0 Å². The normalized spacial score (nSPS) is 17.9. The molecule has 1 atom stereocenters. The predicted octanol–water partition coefficient (Wildman–Crippen LogP) is 4.04. The second-order valence-electron chi connectivity index (χ2n) is 5.72. The van der Waals surface area contributed by atoms with Gasteiger partial charge in [-0.1, -0.05) is 56.5 Å². The van der Waals surface area contributed by atoms with Gasteiger partial charge in [-0.05, 0) is 24.8 Å². The average molecular weight is 401 g/mol. The Morgan fingerprint density at radius 2 is 1.90 bits per heavy atom. The molecule has 1 fully saturated rings. The van der Waals surface area contributed by atoms with Gasteiger partial charge in [0.1, 0.15) is 0 Å². The van der Waals surface area contributed by atoms with E-state index in [1.807, 2.05) is 0 Å². The van der Waals surface area contributed by atoms with E-state index >= 15 is 0 Å². The number of aliphatic imine (C=N–C) groups is 1. The van der Waals surface area contributed by atoms with Crippen LogP contribution in [0.4, 0.5) is 0 Å². The molecule has 0 aromatic heterocycles. The van der Waals surface area contributed by atoms with Gasteiger partial charge in [-0.2, -0.15) is 0 Å². The van der Waals surface area contributed by atoms with Crippen LogP contribution < -0.4 is 11.1 Å². The van der Waals surface area contributed by atoms with Crippen molar-refractivity contribution in [1.82, 2.24) is 5.32 Å². The Hall–Kier alpha value is -0.780. The molecule has 3 N–H and O–H groups in total. The number of benzene rings is 1. The summed E-state index contributed by atoms with van der Waals surface area (Å²) in [7, 11) is 0. The van der Waals surface area contributed by atoms with Gasteiger partial charge in [-0.25, -0.2) is 0 Å². The number of guanidine groups is 1. The molecule has 2 rings (SSSR count). The maximum atomic E-state index is 6.02. The van der Waals surface area contributed by atoms with Gasteiger partial charge in [0, 0.05) is 18.5 Å². The second kappa shape index (κ2) is 10.0. The maximum absolute atomic E-state index is 6.02. The first-order valence-electron chi connectivity index (χ1n) is 7.91. The van der Waals surface area contributed by atoms with Crippen LogP contribution in [0, 0.1) is 0 Å². The number of rotatable bonds is 5. The molecule has 0 aliphatic heterocycles. The highest BCUT2D eigenvalue weighted by Crippen LogP contribution is 2.19. The monoisotopic (exact) mass is 401 g/mol. The predicted molar refractivity (Wildman–Crippen MR) is 101 cm³/mol. The topological polar surface area (TPSA) is 50.4 Å². The van der Waals surface area contributed by atoms with E-state index in [0.29, 0.717) is 17.9 Å². The van der Waals surface area contributed by atoms with Crippen molar-refractivity contribution in [3.63, 3.8) is 0 Å². The minimum Gasteiger partial charge on any atom is -0.370 e. The van der Waals surface area contributed by atoms with Crippen LogP contribution in [0.3, 0.4) is 0 Å². The van der Waals surface area contributed by atoms with Gasteiger partial charge in [-0.3, -0.25) is 4.99 Å². The van der Waals surface area contributed by atoms with Crippen LogP contribution in [-0.4, -0.2) is 18.5 Å². The Morgan fingerprint density at radius 1 is 1.24 bits per heavy atom. The van der Waals surface area contributed by atoms with E-state index in [-0.39, 0.29) is 24.0 Å². The number of nitrogens with one attached hydrogen (secondary N) is 1. The van der Waals surface area contributed by atoms with Crippen LogP contribution >= 0.6 is 24.0 Å². The van der Waals surface area contributed by atoms with Crippen molar-refractivity contribution in [2.45, 2.75) is 57.4 Å². The first-order chi connectivity index (χ1) is 9.79. The minimum absolute atomic E-state index is 0. The molecule has 21 heavy (non-hydrogen) atoms. The van der Waals surface area contributed by atoms with Crippen molar-refractivity contribution in [1.29, 1.82) is 0 Å². The van der Waals surface area contributed by atoms with Crippen molar-refractivity contribution in [3.05, 3.63) is 35.9 Å². The Labute approximate surface area is 145 Å². The number of hydrogen-bond acceptors (Lipinski definition) is 1. The van der Waals surface area contributed by atoms with Gasteiger partial charge >= 0.3 is 0 Å². The third kappa shape index (κ3) is 6.24. The molecule has 118 valence electrons. The first kappa shape index (κ1) is 18.3. The third-order valence-electron chi connectivity index (χ3n) is 4.20. The summed E-state index contributed by atoms with van der Waals surface area (Å²) in [6.45, 7) is 2.98. The minimum atomic E-state index is 0. The zero-order valence-electron chi connectivity index (χ0n) is 12.9. The SMILES string of the molecule is CCC(CN=C(N)NC1CCCCC1)c1ccccc1.I. The van der Waals surface area contributed by atoms with E-state index in [9.17, 15) is 0 Å². The Kier molecular flexibility index (Phi) is 8.73. The molecule has 0 spiro atoms. The molecule has 1 aromatic rings. The summed E-state index contributed by atoms with van der Waals surface area (Å²) < 4.78 is 0. The van der Waals surface area contributed by atoms with Gasteiger partial charge in [0.15, 0.2) is 5.96 Å². The number of halogens is 1. The summed E-state index contributed by atoms with van der Waals surface area (Å²) in [5.74, 6) is 1.08. The van der Waals surface area contributed by atoms with E-state index in [1.165, 1.54) is 37.7 Å². The van der Waals surface area contributed by atoms with Crippen molar-refractivity contribution in [3.8, 4) is 0 Å². The Balaban J connectivity index is 0.00000220. The molecule has 1 unspecified atom stereocenters. The summed E-state index contributed by atoms with van der Waals surface area (Å²) >= 11 is 0. The highest BCUT2D eigenvalue weighted by atomic mass is 127. The lowest BCUT2D eigenvalue weighted by Crippen LogP contribution is -2.41. The highest BCUT2D eigenvalue weighted by molar-refractivity contribution is 14.0. The zero-order chi connectivity index (χ0) is 14.2. The van der Waals surface area contributed by atoms with Gasteiger partial charge < -0.3 is 11.1 Å². The Morgan fingerprint density at radius 3 is 2.52 bits per heavy atom. The van der Waals surface area contributed by atoms with Crippen molar-refractivity contribution >= 4 is 29.9 Å². The van der Waals surface area contributed by atoms with Gasteiger partial charge in [0.05, 0.1) is 0 Å². The highest BCUT2D eigenvalue weighted by Gasteiger charge is 2.14. The van der Waals surface area contributed by atoms with E-state index in [1.54, 1.807) is 0 Å². The van der Waals surface area contributed by atoms with Crippen molar-refractivity contribution < 1.29 is 0 Å². The lowest BCUT2D eigenvalue weighted by Gasteiger charge is -2.23. The first-order valence-corrected chi connectivity index (χ1v) is 7.91. The fraction of sp³-hybridized carbons (Fsp3) is 0.588. The van der Waals surface area contributed by atoms with Gasteiger partial charge in [0.25, 0.3) is 0 Å². The summed E-state index contributed by atoms with van der Waals surface area (Å²) in [6.07, 6.45) is 7.53. The molecule has 0 bridgehead atoms. The molecule has 4 heteroatoms. The molecule has 1 aliphatic rings. The molecule has 1 aromatic carbocycles. The fourth-order valence-corrected chi connectivity index (χ4v) is 2.91. The van der Waals surface area contributed by atoms with Crippen LogP contribution in [0.25, 0.3) is 0 Å². The Bertz CT molecular complexity index is 413. The number of hydrogen-bond donors (Lipinski definition) is 2. The zero-order valence-corrected chi connectivity index (χ0v) is 15.3. The molecular weight excluding hydrogens is 373 g/mol. The fourth-order valence-electron chi connectivity index (χ4n) is 2.91. The summed E-state index contributed by atoms with van der Waals surface area (Å²) in [5, 5.41) is 3.38. The summed E-state index contributed by atoms with van der Waals surface area (Å²) in [5.41, 5.74) is 7.38. The molecule has 0 radical (unpaired) electrons. The lowest BCUT2D eigenvalue weighted by molar-refractivity contribution is 0.412. The quantitative estimate of drug-likeness (QED) is 0.445. The molecule has 0 saturated heterocycles. The summed E-state index contributed by atoms with van der Waals surface area (Å²) in [4.78, 5) is 4.55. The van der Waals surface area contributed by atoms with E-state index in [2.05, 4.69) is 47.6 Å². The van der Waals surface area contributed by atoms with Crippen LogP contribution in [0.15, 0.2) is 35.3 Å². The molecule has 3 nitrogen and oxygen atoms in total.